The zero-order valence-electron chi connectivity index (χ0n) is 11.5. The molecule has 20 heavy (non-hydrogen) atoms. The van der Waals surface area contributed by atoms with E-state index < -0.39 is 0 Å². The lowest BCUT2D eigenvalue weighted by atomic mass is 10.1. The van der Waals surface area contributed by atoms with Crippen LogP contribution in [0.2, 0.25) is 0 Å². The zero-order chi connectivity index (χ0) is 14.1. The first kappa shape index (κ1) is 12.4. The molecule has 2 heterocycles. The molecule has 0 amide bonds. The van der Waals surface area contributed by atoms with Crippen LogP contribution in [0.1, 0.15) is 11.1 Å². The zero-order valence-corrected chi connectivity index (χ0v) is 11.5. The van der Waals surface area contributed by atoms with Crippen molar-refractivity contribution in [2.24, 2.45) is 0 Å². The van der Waals surface area contributed by atoms with Gasteiger partial charge in [0.05, 0.1) is 23.9 Å². The summed E-state index contributed by atoms with van der Waals surface area (Å²) in [5.41, 5.74) is 11.3. The van der Waals surface area contributed by atoms with Crippen molar-refractivity contribution in [2.45, 2.75) is 13.8 Å². The van der Waals surface area contributed by atoms with E-state index in [1.165, 1.54) is 11.1 Å². The number of aryl methyl sites for hydroxylation is 2. The van der Waals surface area contributed by atoms with Crippen molar-refractivity contribution in [2.75, 3.05) is 5.73 Å². The molecule has 1 aromatic carbocycles. The fraction of sp³-hybridized carbons (Fsp3) is 0.125. The average molecular weight is 264 g/mol. The molecule has 0 saturated carbocycles. The number of nitrogens with zero attached hydrogens (tertiary/aromatic N) is 3. The standard InChI is InChI=1S/C16H16N4/c1-11-5-6-12(2)14(8-11)20-10-18-9-15(20)13-4-3-7-19-16(13)17/h3-10H,1-2H3,(H2,17,19). The van der Waals surface area contributed by atoms with Crippen LogP contribution >= 0.6 is 0 Å². The molecular weight excluding hydrogens is 248 g/mol. The van der Waals surface area contributed by atoms with Crippen LogP contribution in [0.25, 0.3) is 16.9 Å². The highest BCUT2D eigenvalue weighted by Crippen LogP contribution is 2.27. The van der Waals surface area contributed by atoms with Gasteiger partial charge in [0, 0.05) is 11.8 Å². The molecule has 2 aromatic heterocycles. The number of pyridine rings is 1. The summed E-state index contributed by atoms with van der Waals surface area (Å²) in [6.07, 6.45) is 5.32. The Kier molecular flexibility index (Phi) is 2.99. The highest BCUT2D eigenvalue weighted by Gasteiger charge is 2.11. The minimum atomic E-state index is 0.513. The predicted molar refractivity (Wildman–Crippen MR) is 80.7 cm³/mol. The molecule has 3 rings (SSSR count). The van der Waals surface area contributed by atoms with E-state index in [4.69, 9.17) is 5.73 Å². The van der Waals surface area contributed by atoms with Gasteiger partial charge in [0.15, 0.2) is 0 Å². The summed E-state index contributed by atoms with van der Waals surface area (Å²) in [7, 11) is 0. The molecule has 0 radical (unpaired) electrons. The monoisotopic (exact) mass is 264 g/mol. The summed E-state index contributed by atoms with van der Waals surface area (Å²) in [5, 5.41) is 0. The third-order valence-corrected chi connectivity index (χ3v) is 3.38. The molecule has 0 unspecified atom stereocenters. The van der Waals surface area contributed by atoms with E-state index in [0.29, 0.717) is 5.82 Å². The molecule has 0 aliphatic heterocycles. The fourth-order valence-electron chi connectivity index (χ4n) is 2.30. The van der Waals surface area contributed by atoms with E-state index in [-0.39, 0.29) is 0 Å². The average Bonchev–Trinajstić information content (AvgIpc) is 2.91. The van der Waals surface area contributed by atoms with E-state index >= 15 is 0 Å². The van der Waals surface area contributed by atoms with Crippen molar-refractivity contribution in [3.63, 3.8) is 0 Å². The summed E-state index contributed by atoms with van der Waals surface area (Å²) < 4.78 is 2.05. The quantitative estimate of drug-likeness (QED) is 0.773. The Labute approximate surface area is 117 Å². The van der Waals surface area contributed by atoms with E-state index in [1.54, 1.807) is 6.20 Å². The van der Waals surface area contributed by atoms with Gasteiger partial charge in [0.2, 0.25) is 0 Å². The number of imidazole rings is 1. The fourth-order valence-corrected chi connectivity index (χ4v) is 2.30. The molecule has 2 N–H and O–H groups in total. The van der Waals surface area contributed by atoms with Crippen molar-refractivity contribution in [3.8, 4) is 16.9 Å². The van der Waals surface area contributed by atoms with Crippen molar-refractivity contribution in [1.82, 2.24) is 14.5 Å². The molecule has 0 spiro atoms. The van der Waals surface area contributed by atoms with Crippen LogP contribution in [0.3, 0.4) is 0 Å². The topological polar surface area (TPSA) is 56.7 Å². The number of nitrogen functional groups attached to an aromatic ring is 1. The lowest BCUT2D eigenvalue weighted by Gasteiger charge is -2.12. The number of hydrogen-bond acceptors (Lipinski definition) is 3. The predicted octanol–water partition coefficient (Wildman–Crippen LogP) is 3.13. The maximum absolute atomic E-state index is 5.97. The van der Waals surface area contributed by atoms with E-state index in [2.05, 4.69) is 46.6 Å². The van der Waals surface area contributed by atoms with Crippen molar-refractivity contribution in [3.05, 3.63) is 60.2 Å². The van der Waals surface area contributed by atoms with Crippen LogP contribution in [0.4, 0.5) is 5.82 Å². The summed E-state index contributed by atoms with van der Waals surface area (Å²) in [5.74, 6) is 0.513. The smallest absolute Gasteiger partial charge is 0.132 e. The van der Waals surface area contributed by atoms with E-state index in [9.17, 15) is 0 Å². The van der Waals surface area contributed by atoms with Crippen LogP contribution in [-0.2, 0) is 0 Å². The molecule has 3 aromatic rings. The number of rotatable bonds is 2. The normalized spacial score (nSPS) is 10.7. The molecular formula is C16H16N4. The highest BCUT2D eigenvalue weighted by atomic mass is 15.1. The van der Waals surface area contributed by atoms with Crippen LogP contribution in [-0.4, -0.2) is 14.5 Å². The number of benzene rings is 1. The Morgan fingerprint density at radius 2 is 2.00 bits per heavy atom. The lowest BCUT2D eigenvalue weighted by Crippen LogP contribution is -2.01. The van der Waals surface area contributed by atoms with E-state index in [0.717, 1.165) is 16.9 Å². The first-order chi connectivity index (χ1) is 9.66. The van der Waals surface area contributed by atoms with E-state index in [1.807, 2.05) is 24.7 Å². The van der Waals surface area contributed by atoms with Gasteiger partial charge in [0.1, 0.15) is 5.82 Å². The number of nitrogens with two attached hydrogens (primary N) is 1. The Bertz CT molecular complexity index is 759. The Morgan fingerprint density at radius 3 is 2.80 bits per heavy atom. The summed E-state index contributed by atoms with van der Waals surface area (Å²) in [6, 6.07) is 10.2. The lowest BCUT2D eigenvalue weighted by molar-refractivity contribution is 1.04. The Hall–Kier alpha value is -2.62. The first-order valence-electron chi connectivity index (χ1n) is 6.47. The van der Waals surface area contributed by atoms with Crippen LogP contribution in [0.5, 0.6) is 0 Å². The van der Waals surface area contributed by atoms with Gasteiger partial charge >= 0.3 is 0 Å². The van der Waals surface area contributed by atoms with Gasteiger partial charge in [0.25, 0.3) is 0 Å². The molecule has 4 heteroatoms. The molecule has 0 fully saturated rings. The van der Waals surface area contributed by atoms with Crippen molar-refractivity contribution >= 4 is 5.82 Å². The first-order valence-corrected chi connectivity index (χ1v) is 6.47. The number of aromatic nitrogens is 3. The minimum Gasteiger partial charge on any atom is -0.383 e. The third-order valence-electron chi connectivity index (χ3n) is 3.38. The largest absolute Gasteiger partial charge is 0.383 e. The molecule has 0 bridgehead atoms. The maximum Gasteiger partial charge on any atom is 0.132 e. The van der Waals surface area contributed by atoms with Crippen molar-refractivity contribution in [1.29, 1.82) is 0 Å². The SMILES string of the molecule is Cc1ccc(C)c(-n2cncc2-c2cccnc2N)c1. The van der Waals surface area contributed by atoms with Gasteiger partial charge in [-0.15, -0.1) is 0 Å². The van der Waals surface area contributed by atoms with Crippen LogP contribution in [0.15, 0.2) is 49.1 Å². The molecule has 4 nitrogen and oxygen atoms in total. The van der Waals surface area contributed by atoms with Gasteiger partial charge in [-0.05, 0) is 43.2 Å². The summed E-state index contributed by atoms with van der Waals surface area (Å²) in [6.45, 7) is 4.17. The van der Waals surface area contributed by atoms with Crippen LogP contribution < -0.4 is 5.73 Å². The highest BCUT2D eigenvalue weighted by molar-refractivity contribution is 5.72. The van der Waals surface area contributed by atoms with Gasteiger partial charge in [-0.2, -0.15) is 0 Å². The molecule has 100 valence electrons. The second-order valence-corrected chi connectivity index (χ2v) is 4.88. The van der Waals surface area contributed by atoms with Crippen LogP contribution in [0, 0.1) is 13.8 Å². The van der Waals surface area contributed by atoms with Gasteiger partial charge < -0.3 is 5.73 Å². The number of anilines is 1. The third kappa shape index (κ3) is 2.05. The Balaban J connectivity index is 2.21. The second kappa shape index (κ2) is 4.81. The molecule has 0 saturated heterocycles. The molecule has 0 aliphatic rings. The molecule has 0 aliphatic carbocycles. The minimum absolute atomic E-state index is 0.513. The van der Waals surface area contributed by atoms with Crippen molar-refractivity contribution < 1.29 is 0 Å². The molecule has 0 atom stereocenters. The summed E-state index contributed by atoms with van der Waals surface area (Å²) >= 11 is 0. The van der Waals surface area contributed by atoms with Gasteiger partial charge in [-0.1, -0.05) is 12.1 Å². The van der Waals surface area contributed by atoms with Gasteiger partial charge in [-0.3, -0.25) is 4.57 Å². The maximum atomic E-state index is 5.97. The Morgan fingerprint density at radius 1 is 1.15 bits per heavy atom. The second-order valence-electron chi connectivity index (χ2n) is 4.88. The summed E-state index contributed by atoms with van der Waals surface area (Å²) in [4.78, 5) is 8.41. The number of hydrogen-bond donors (Lipinski definition) is 1. The van der Waals surface area contributed by atoms with Gasteiger partial charge in [-0.25, -0.2) is 9.97 Å².